The summed E-state index contributed by atoms with van der Waals surface area (Å²) in [6.07, 6.45) is 0.484. The van der Waals surface area contributed by atoms with Gasteiger partial charge in [-0.1, -0.05) is 0 Å². The molecule has 94 valence electrons. The van der Waals surface area contributed by atoms with Crippen molar-refractivity contribution < 1.29 is 14.3 Å². The van der Waals surface area contributed by atoms with Crippen molar-refractivity contribution in [3.63, 3.8) is 0 Å². The van der Waals surface area contributed by atoms with E-state index >= 15 is 0 Å². The molecule has 0 bridgehead atoms. The zero-order valence-corrected chi connectivity index (χ0v) is 10.3. The molecule has 1 heterocycles. The fraction of sp³-hybridized carbons (Fsp3) is 0.909. The highest BCUT2D eigenvalue weighted by molar-refractivity contribution is 5.68. The Kier molecular flexibility index (Phi) is 4.56. The second-order valence-corrected chi connectivity index (χ2v) is 5.11. The number of nitrogens with one attached hydrogen (secondary N) is 1. The number of nitrogens with two attached hydrogens (primary N) is 1. The minimum absolute atomic E-state index is 0.0337. The van der Waals surface area contributed by atoms with E-state index in [1.165, 1.54) is 0 Å². The number of ether oxygens (including phenoxy) is 2. The van der Waals surface area contributed by atoms with Crippen molar-refractivity contribution in [1.29, 1.82) is 0 Å². The molecule has 1 fully saturated rings. The molecule has 0 aromatic heterocycles. The number of carbonyl (C=O) groups is 1. The van der Waals surface area contributed by atoms with E-state index in [1.54, 1.807) is 0 Å². The fourth-order valence-corrected chi connectivity index (χ4v) is 1.68. The standard InChI is InChI=1S/C11H22N2O3/c1-11(2,3)16-10(14)13-9-7-15-5-4-8(9)6-12/h8-9H,4-7,12H2,1-3H3,(H,13,14)/t8-,9-/m1/s1. The normalized spacial score (nSPS) is 26.2. The van der Waals surface area contributed by atoms with Gasteiger partial charge in [-0.2, -0.15) is 0 Å². The molecule has 0 spiro atoms. The zero-order chi connectivity index (χ0) is 12.2. The predicted molar refractivity (Wildman–Crippen MR) is 61.1 cm³/mol. The molecule has 0 aromatic carbocycles. The van der Waals surface area contributed by atoms with Gasteiger partial charge in [-0.15, -0.1) is 0 Å². The molecule has 1 rings (SSSR count). The Morgan fingerprint density at radius 2 is 2.25 bits per heavy atom. The largest absolute Gasteiger partial charge is 0.444 e. The number of hydrogen-bond acceptors (Lipinski definition) is 4. The molecule has 0 radical (unpaired) electrons. The summed E-state index contributed by atoms with van der Waals surface area (Å²) in [5.41, 5.74) is 5.17. The summed E-state index contributed by atoms with van der Waals surface area (Å²) in [7, 11) is 0. The van der Waals surface area contributed by atoms with Crippen LogP contribution in [0.4, 0.5) is 4.79 Å². The zero-order valence-electron chi connectivity index (χ0n) is 10.3. The summed E-state index contributed by atoms with van der Waals surface area (Å²) in [5.74, 6) is 0.279. The molecule has 1 aliphatic rings. The Morgan fingerprint density at radius 1 is 1.56 bits per heavy atom. The minimum atomic E-state index is -0.474. The van der Waals surface area contributed by atoms with Gasteiger partial charge in [0.1, 0.15) is 5.60 Å². The van der Waals surface area contributed by atoms with E-state index in [0.717, 1.165) is 6.42 Å². The quantitative estimate of drug-likeness (QED) is 0.738. The molecule has 3 N–H and O–H groups in total. The highest BCUT2D eigenvalue weighted by atomic mass is 16.6. The van der Waals surface area contributed by atoms with Crippen molar-refractivity contribution in [3.05, 3.63) is 0 Å². The van der Waals surface area contributed by atoms with Crippen molar-refractivity contribution in [2.24, 2.45) is 11.7 Å². The molecule has 5 heteroatoms. The van der Waals surface area contributed by atoms with E-state index in [9.17, 15) is 4.79 Å². The van der Waals surface area contributed by atoms with Crippen LogP contribution in [-0.2, 0) is 9.47 Å². The monoisotopic (exact) mass is 230 g/mol. The van der Waals surface area contributed by atoms with Gasteiger partial charge in [0, 0.05) is 6.61 Å². The number of rotatable bonds is 2. The number of amides is 1. The summed E-state index contributed by atoms with van der Waals surface area (Å²) >= 11 is 0. The summed E-state index contributed by atoms with van der Waals surface area (Å²) in [6.45, 7) is 7.30. The average Bonchev–Trinajstić information content (AvgIpc) is 2.15. The van der Waals surface area contributed by atoms with E-state index in [4.69, 9.17) is 15.2 Å². The highest BCUT2D eigenvalue weighted by Crippen LogP contribution is 2.15. The Labute approximate surface area is 96.7 Å². The molecular weight excluding hydrogens is 208 g/mol. The van der Waals surface area contributed by atoms with Crippen molar-refractivity contribution in [2.45, 2.75) is 38.8 Å². The van der Waals surface area contributed by atoms with Crippen LogP contribution in [0.1, 0.15) is 27.2 Å². The van der Waals surface area contributed by atoms with Crippen molar-refractivity contribution in [1.82, 2.24) is 5.32 Å². The number of carbonyl (C=O) groups excluding carboxylic acids is 1. The third kappa shape index (κ3) is 4.37. The first kappa shape index (κ1) is 13.3. The number of hydrogen-bond donors (Lipinski definition) is 2. The van der Waals surface area contributed by atoms with Crippen molar-refractivity contribution in [2.75, 3.05) is 19.8 Å². The third-order valence-corrected chi connectivity index (χ3v) is 2.50. The maximum Gasteiger partial charge on any atom is 0.407 e. The molecule has 5 nitrogen and oxygen atoms in total. The van der Waals surface area contributed by atoms with Gasteiger partial charge in [-0.05, 0) is 39.7 Å². The Balaban J connectivity index is 2.42. The topological polar surface area (TPSA) is 73.6 Å². The summed E-state index contributed by atoms with van der Waals surface area (Å²) in [6, 6.07) is -0.0337. The average molecular weight is 230 g/mol. The molecule has 1 amide bonds. The molecule has 2 atom stereocenters. The van der Waals surface area contributed by atoms with Crippen LogP contribution in [0, 0.1) is 5.92 Å². The van der Waals surface area contributed by atoms with Gasteiger partial charge < -0.3 is 20.5 Å². The van der Waals surface area contributed by atoms with Crippen LogP contribution in [0.2, 0.25) is 0 Å². The van der Waals surface area contributed by atoms with E-state index < -0.39 is 11.7 Å². The van der Waals surface area contributed by atoms with E-state index in [0.29, 0.717) is 19.8 Å². The second kappa shape index (κ2) is 5.50. The van der Waals surface area contributed by atoms with Gasteiger partial charge in [-0.3, -0.25) is 0 Å². The SMILES string of the molecule is CC(C)(C)OC(=O)N[C@@H]1COCC[C@@H]1CN. The lowest BCUT2D eigenvalue weighted by Crippen LogP contribution is -2.50. The molecule has 0 unspecified atom stereocenters. The van der Waals surface area contributed by atoms with Crippen LogP contribution in [-0.4, -0.2) is 37.5 Å². The maximum atomic E-state index is 11.6. The van der Waals surface area contributed by atoms with Gasteiger partial charge in [0.15, 0.2) is 0 Å². The van der Waals surface area contributed by atoms with Crippen LogP contribution in [0.5, 0.6) is 0 Å². The highest BCUT2D eigenvalue weighted by Gasteiger charge is 2.27. The Hall–Kier alpha value is -0.810. The number of alkyl carbamates (subject to hydrolysis) is 1. The molecule has 0 aliphatic carbocycles. The fourth-order valence-electron chi connectivity index (χ4n) is 1.68. The second-order valence-electron chi connectivity index (χ2n) is 5.11. The Bertz CT molecular complexity index is 238. The lowest BCUT2D eigenvalue weighted by Gasteiger charge is -2.32. The molecule has 16 heavy (non-hydrogen) atoms. The van der Waals surface area contributed by atoms with Crippen molar-refractivity contribution >= 4 is 6.09 Å². The van der Waals surface area contributed by atoms with Gasteiger partial charge >= 0.3 is 6.09 Å². The van der Waals surface area contributed by atoms with Crippen LogP contribution >= 0.6 is 0 Å². The minimum Gasteiger partial charge on any atom is -0.444 e. The van der Waals surface area contributed by atoms with Crippen LogP contribution < -0.4 is 11.1 Å². The first-order chi connectivity index (χ1) is 7.42. The molecule has 0 aromatic rings. The van der Waals surface area contributed by atoms with Gasteiger partial charge in [-0.25, -0.2) is 4.79 Å². The van der Waals surface area contributed by atoms with E-state index in [-0.39, 0.29) is 12.0 Å². The Morgan fingerprint density at radius 3 is 2.81 bits per heavy atom. The van der Waals surface area contributed by atoms with Crippen LogP contribution in [0.3, 0.4) is 0 Å². The van der Waals surface area contributed by atoms with Crippen LogP contribution in [0.25, 0.3) is 0 Å². The summed E-state index contributed by atoms with van der Waals surface area (Å²) in [5, 5.41) is 2.81. The van der Waals surface area contributed by atoms with Crippen molar-refractivity contribution in [3.8, 4) is 0 Å². The summed E-state index contributed by atoms with van der Waals surface area (Å²) in [4.78, 5) is 11.6. The molecule has 1 aliphatic heterocycles. The molecular formula is C11H22N2O3. The van der Waals surface area contributed by atoms with Gasteiger partial charge in [0.05, 0.1) is 12.6 Å². The van der Waals surface area contributed by atoms with Crippen LogP contribution in [0.15, 0.2) is 0 Å². The van der Waals surface area contributed by atoms with E-state index in [1.807, 2.05) is 20.8 Å². The summed E-state index contributed by atoms with van der Waals surface area (Å²) < 4.78 is 10.5. The van der Waals surface area contributed by atoms with Gasteiger partial charge in [0.25, 0.3) is 0 Å². The third-order valence-electron chi connectivity index (χ3n) is 2.50. The molecule has 0 saturated carbocycles. The lowest BCUT2D eigenvalue weighted by atomic mass is 9.95. The smallest absolute Gasteiger partial charge is 0.407 e. The van der Waals surface area contributed by atoms with E-state index in [2.05, 4.69) is 5.32 Å². The van der Waals surface area contributed by atoms with Gasteiger partial charge in [0.2, 0.25) is 0 Å². The first-order valence-corrected chi connectivity index (χ1v) is 5.69. The lowest BCUT2D eigenvalue weighted by molar-refractivity contribution is 0.0191. The maximum absolute atomic E-state index is 11.6. The first-order valence-electron chi connectivity index (χ1n) is 5.69. The predicted octanol–water partition coefficient (Wildman–Crippen LogP) is 0.875. The molecule has 1 saturated heterocycles.